The van der Waals surface area contributed by atoms with Gasteiger partial charge in [-0.3, -0.25) is 9.52 Å². The van der Waals surface area contributed by atoms with Crippen molar-refractivity contribution < 1.29 is 17.6 Å². The Morgan fingerprint density at radius 2 is 1.66 bits per heavy atom. The maximum Gasteiger partial charge on any atom is 0.229 e. The van der Waals surface area contributed by atoms with Gasteiger partial charge in [0, 0.05) is 16.9 Å². The molecule has 0 aliphatic rings. The number of halogens is 1. The van der Waals surface area contributed by atoms with Crippen LogP contribution in [0.25, 0.3) is 0 Å². The SMILES string of the molecule is CS(=O)(=O)Nc1ccccc1CCc1ccc(C=O)c(Nc2ccc(F)cc2)c1. The van der Waals surface area contributed by atoms with Gasteiger partial charge < -0.3 is 5.32 Å². The second kappa shape index (κ2) is 8.87. The van der Waals surface area contributed by atoms with Crippen LogP contribution < -0.4 is 10.0 Å². The van der Waals surface area contributed by atoms with Crippen LogP contribution in [0.3, 0.4) is 0 Å². The summed E-state index contributed by atoms with van der Waals surface area (Å²) in [4.78, 5) is 11.4. The van der Waals surface area contributed by atoms with Crippen molar-refractivity contribution in [3.05, 3.63) is 89.2 Å². The number of para-hydroxylation sites is 1. The number of aldehydes is 1. The summed E-state index contributed by atoms with van der Waals surface area (Å²) in [5, 5.41) is 3.14. The van der Waals surface area contributed by atoms with Crippen molar-refractivity contribution in [1.29, 1.82) is 0 Å². The predicted octanol–water partition coefficient (Wildman–Crippen LogP) is 4.54. The van der Waals surface area contributed by atoms with Crippen molar-refractivity contribution in [2.75, 3.05) is 16.3 Å². The number of benzene rings is 3. The molecule has 0 spiro atoms. The summed E-state index contributed by atoms with van der Waals surface area (Å²) in [6, 6.07) is 18.6. The smallest absolute Gasteiger partial charge is 0.229 e. The average molecular weight is 412 g/mol. The van der Waals surface area contributed by atoms with Gasteiger partial charge in [0.2, 0.25) is 10.0 Å². The van der Waals surface area contributed by atoms with Gasteiger partial charge in [-0.05, 0) is 66.4 Å². The molecule has 3 aromatic carbocycles. The highest BCUT2D eigenvalue weighted by Gasteiger charge is 2.09. The van der Waals surface area contributed by atoms with E-state index in [1.807, 2.05) is 24.3 Å². The van der Waals surface area contributed by atoms with Crippen LogP contribution >= 0.6 is 0 Å². The molecule has 5 nitrogen and oxygen atoms in total. The summed E-state index contributed by atoms with van der Waals surface area (Å²) < 4.78 is 38.8. The van der Waals surface area contributed by atoms with Crippen molar-refractivity contribution in [3.63, 3.8) is 0 Å². The summed E-state index contributed by atoms with van der Waals surface area (Å²) in [6.45, 7) is 0. The number of carbonyl (C=O) groups excluding carboxylic acids is 1. The molecule has 0 aliphatic carbocycles. The number of carbonyl (C=O) groups is 1. The van der Waals surface area contributed by atoms with E-state index in [1.54, 1.807) is 30.3 Å². The Bertz CT molecular complexity index is 1110. The first-order valence-electron chi connectivity index (χ1n) is 9.00. The van der Waals surface area contributed by atoms with Gasteiger partial charge in [0.25, 0.3) is 0 Å². The van der Waals surface area contributed by atoms with Crippen LogP contribution in [0.2, 0.25) is 0 Å². The van der Waals surface area contributed by atoms with E-state index in [0.29, 0.717) is 35.5 Å². The third-order valence-corrected chi connectivity index (χ3v) is 4.95. The zero-order valence-electron chi connectivity index (χ0n) is 15.9. The standard InChI is InChI=1S/C22H21FN2O3S/c1-29(27,28)25-21-5-3-2-4-17(21)8-6-16-7-9-18(15-26)22(14-16)24-20-12-10-19(23)11-13-20/h2-5,7,9-15,24-25H,6,8H2,1H3. The van der Waals surface area contributed by atoms with E-state index in [0.717, 1.165) is 23.7 Å². The third-order valence-electron chi connectivity index (χ3n) is 4.36. The van der Waals surface area contributed by atoms with Gasteiger partial charge in [-0.2, -0.15) is 0 Å². The van der Waals surface area contributed by atoms with Crippen LogP contribution in [0.1, 0.15) is 21.5 Å². The molecule has 3 rings (SSSR count). The van der Waals surface area contributed by atoms with E-state index in [9.17, 15) is 17.6 Å². The van der Waals surface area contributed by atoms with Gasteiger partial charge >= 0.3 is 0 Å². The van der Waals surface area contributed by atoms with Crippen molar-refractivity contribution in [2.45, 2.75) is 12.8 Å². The van der Waals surface area contributed by atoms with Gasteiger partial charge in [-0.25, -0.2) is 12.8 Å². The topological polar surface area (TPSA) is 75.3 Å². The molecule has 150 valence electrons. The lowest BCUT2D eigenvalue weighted by Gasteiger charge is -2.13. The molecular formula is C22H21FN2O3S. The van der Waals surface area contributed by atoms with E-state index >= 15 is 0 Å². The first-order chi connectivity index (χ1) is 13.8. The summed E-state index contributed by atoms with van der Waals surface area (Å²) in [5.41, 5.74) is 4.22. The minimum Gasteiger partial charge on any atom is -0.355 e. The summed E-state index contributed by atoms with van der Waals surface area (Å²) in [6.07, 6.45) is 3.16. The van der Waals surface area contributed by atoms with Gasteiger partial charge in [-0.15, -0.1) is 0 Å². The lowest BCUT2D eigenvalue weighted by Crippen LogP contribution is -2.11. The molecule has 29 heavy (non-hydrogen) atoms. The van der Waals surface area contributed by atoms with Crippen molar-refractivity contribution in [1.82, 2.24) is 0 Å². The van der Waals surface area contributed by atoms with Crippen LogP contribution in [0.5, 0.6) is 0 Å². The number of hydrogen-bond acceptors (Lipinski definition) is 4. The van der Waals surface area contributed by atoms with Crippen molar-refractivity contribution in [2.24, 2.45) is 0 Å². The lowest BCUT2D eigenvalue weighted by molar-refractivity contribution is 0.112. The molecule has 0 amide bonds. The molecule has 0 bridgehead atoms. The Labute approximate surface area is 169 Å². The van der Waals surface area contributed by atoms with Crippen LogP contribution in [0, 0.1) is 5.82 Å². The number of aryl methyl sites for hydroxylation is 2. The number of nitrogens with one attached hydrogen (secondary N) is 2. The highest BCUT2D eigenvalue weighted by Crippen LogP contribution is 2.24. The lowest BCUT2D eigenvalue weighted by atomic mass is 10.0. The molecule has 0 radical (unpaired) electrons. The molecule has 0 aliphatic heterocycles. The van der Waals surface area contributed by atoms with E-state index in [1.165, 1.54) is 12.1 Å². The number of rotatable bonds is 8. The minimum atomic E-state index is -3.36. The highest BCUT2D eigenvalue weighted by atomic mass is 32.2. The average Bonchev–Trinajstić information content (AvgIpc) is 2.68. The van der Waals surface area contributed by atoms with Crippen LogP contribution in [-0.2, 0) is 22.9 Å². The first kappa shape index (κ1) is 20.5. The minimum absolute atomic E-state index is 0.332. The molecule has 0 unspecified atom stereocenters. The number of sulfonamides is 1. The van der Waals surface area contributed by atoms with E-state index in [4.69, 9.17) is 0 Å². The normalized spacial score (nSPS) is 11.1. The zero-order chi connectivity index (χ0) is 20.9. The molecule has 2 N–H and O–H groups in total. The van der Waals surface area contributed by atoms with Crippen LogP contribution in [0.4, 0.5) is 21.5 Å². The Hall–Kier alpha value is -3.19. The van der Waals surface area contributed by atoms with Crippen molar-refractivity contribution in [3.8, 4) is 0 Å². The van der Waals surface area contributed by atoms with E-state index in [-0.39, 0.29) is 5.82 Å². The third kappa shape index (κ3) is 5.89. The quantitative estimate of drug-likeness (QED) is 0.533. The summed E-state index contributed by atoms with van der Waals surface area (Å²) in [5.74, 6) is -0.332. The maximum absolute atomic E-state index is 13.1. The summed E-state index contributed by atoms with van der Waals surface area (Å²) >= 11 is 0. The monoisotopic (exact) mass is 412 g/mol. The Morgan fingerprint density at radius 1 is 0.931 bits per heavy atom. The first-order valence-corrected chi connectivity index (χ1v) is 10.9. The van der Waals surface area contributed by atoms with Gasteiger partial charge in [0.05, 0.1) is 11.9 Å². The molecule has 7 heteroatoms. The largest absolute Gasteiger partial charge is 0.355 e. The summed E-state index contributed by atoms with van der Waals surface area (Å²) in [7, 11) is -3.36. The maximum atomic E-state index is 13.1. The molecule has 0 atom stereocenters. The number of hydrogen-bond donors (Lipinski definition) is 2. The van der Waals surface area contributed by atoms with Crippen LogP contribution in [-0.4, -0.2) is 21.0 Å². The highest BCUT2D eigenvalue weighted by molar-refractivity contribution is 7.92. The van der Waals surface area contributed by atoms with Gasteiger partial charge in [-0.1, -0.05) is 24.3 Å². The molecule has 0 saturated carbocycles. The fourth-order valence-electron chi connectivity index (χ4n) is 2.98. The van der Waals surface area contributed by atoms with E-state index in [2.05, 4.69) is 10.0 Å². The Morgan fingerprint density at radius 3 is 2.34 bits per heavy atom. The fraction of sp³-hybridized carbons (Fsp3) is 0.136. The molecule has 0 heterocycles. The molecule has 0 fully saturated rings. The second-order valence-corrected chi connectivity index (χ2v) is 8.45. The van der Waals surface area contributed by atoms with Crippen LogP contribution in [0.15, 0.2) is 66.7 Å². The second-order valence-electron chi connectivity index (χ2n) is 6.70. The molecule has 0 saturated heterocycles. The fourth-order valence-corrected chi connectivity index (χ4v) is 3.57. The molecular weight excluding hydrogens is 391 g/mol. The Balaban J connectivity index is 1.79. The molecule has 3 aromatic rings. The van der Waals surface area contributed by atoms with Gasteiger partial charge in [0.15, 0.2) is 6.29 Å². The molecule has 0 aromatic heterocycles. The van der Waals surface area contributed by atoms with Gasteiger partial charge in [0.1, 0.15) is 5.82 Å². The van der Waals surface area contributed by atoms with Crippen molar-refractivity contribution >= 4 is 33.4 Å². The Kier molecular flexibility index (Phi) is 6.29. The number of anilines is 3. The zero-order valence-corrected chi connectivity index (χ0v) is 16.7. The predicted molar refractivity (Wildman–Crippen MR) is 114 cm³/mol. The van der Waals surface area contributed by atoms with E-state index < -0.39 is 10.0 Å².